The number of benzene rings is 2. The van der Waals surface area contributed by atoms with Gasteiger partial charge in [0, 0.05) is 23.0 Å². The molecule has 0 saturated carbocycles. The molecule has 2 N–H and O–H groups in total. The van der Waals surface area contributed by atoms with Crippen LogP contribution < -0.4 is 10.6 Å². The molecule has 0 atom stereocenters. The number of hydrogen-bond acceptors (Lipinski definition) is 4. The molecule has 1 aromatic heterocycles. The van der Waals surface area contributed by atoms with Gasteiger partial charge in [-0.25, -0.2) is 9.97 Å². The minimum atomic E-state index is -0.723. The fourth-order valence-corrected chi connectivity index (χ4v) is 2.95. The summed E-state index contributed by atoms with van der Waals surface area (Å²) in [5.41, 5.74) is 3.44. The van der Waals surface area contributed by atoms with Crippen molar-refractivity contribution >= 4 is 23.2 Å². The van der Waals surface area contributed by atoms with Gasteiger partial charge in [0.05, 0.1) is 16.8 Å². The summed E-state index contributed by atoms with van der Waals surface area (Å²) in [6, 6.07) is 17.5. The Hall–Kier alpha value is -3.21. The second-order valence-corrected chi connectivity index (χ2v) is 6.57. The number of hydrogen-bond donors (Lipinski definition) is 2. The Balaban J connectivity index is 1.87. The molecule has 0 aliphatic carbocycles. The molecule has 2 heterocycles. The van der Waals surface area contributed by atoms with Crippen molar-refractivity contribution in [1.82, 2.24) is 9.97 Å². The maximum absolute atomic E-state index is 12.7. The van der Waals surface area contributed by atoms with Crippen molar-refractivity contribution in [2.75, 3.05) is 10.6 Å². The average molecular weight is 330 g/mol. The number of carbonyl (C=O) groups is 1. The van der Waals surface area contributed by atoms with Crippen molar-refractivity contribution < 1.29 is 4.79 Å². The number of amides is 1. The molecule has 0 radical (unpaired) electrons. The third kappa shape index (κ3) is 2.63. The summed E-state index contributed by atoms with van der Waals surface area (Å²) in [5, 5.41) is 6.22. The highest BCUT2D eigenvalue weighted by Crippen LogP contribution is 2.39. The fraction of sp³-hybridized carbons (Fsp3) is 0.150. The summed E-state index contributed by atoms with van der Waals surface area (Å²) in [6.07, 6.45) is 1.75. The number of fused-ring (bicyclic) bond motifs is 3. The van der Waals surface area contributed by atoms with Gasteiger partial charge in [0.2, 0.25) is 11.9 Å². The molecule has 124 valence electrons. The fourth-order valence-electron chi connectivity index (χ4n) is 2.95. The first-order valence-electron chi connectivity index (χ1n) is 8.16. The number of nitrogens with one attached hydrogen (secondary N) is 2. The van der Waals surface area contributed by atoms with E-state index in [4.69, 9.17) is 4.98 Å². The maximum atomic E-state index is 12.7. The lowest BCUT2D eigenvalue weighted by atomic mass is 9.83. The van der Waals surface area contributed by atoms with Gasteiger partial charge in [-0.05, 0) is 32.0 Å². The predicted octanol–water partition coefficient (Wildman–Crippen LogP) is 4.12. The largest absolute Gasteiger partial charge is 0.325 e. The van der Waals surface area contributed by atoms with Gasteiger partial charge < -0.3 is 10.6 Å². The number of rotatable bonds is 2. The Labute approximate surface area is 146 Å². The number of anilines is 3. The number of para-hydroxylation sites is 2. The van der Waals surface area contributed by atoms with E-state index >= 15 is 0 Å². The van der Waals surface area contributed by atoms with E-state index in [1.165, 1.54) is 0 Å². The molecule has 0 bridgehead atoms. The van der Waals surface area contributed by atoms with E-state index in [9.17, 15) is 4.79 Å². The number of aromatic nitrogens is 2. The van der Waals surface area contributed by atoms with Crippen LogP contribution in [0.1, 0.15) is 19.4 Å². The van der Waals surface area contributed by atoms with Crippen LogP contribution in [0.4, 0.5) is 17.3 Å². The smallest absolute Gasteiger partial charge is 0.234 e. The van der Waals surface area contributed by atoms with E-state index in [-0.39, 0.29) is 5.91 Å². The van der Waals surface area contributed by atoms with Crippen LogP contribution >= 0.6 is 0 Å². The molecule has 4 rings (SSSR count). The van der Waals surface area contributed by atoms with E-state index in [1.807, 2.05) is 68.4 Å². The van der Waals surface area contributed by atoms with Crippen LogP contribution in [0.15, 0.2) is 60.8 Å². The highest BCUT2D eigenvalue weighted by molar-refractivity contribution is 6.05. The number of carbonyl (C=O) groups excluding carboxylic acids is 1. The Kier molecular flexibility index (Phi) is 3.50. The summed E-state index contributed by atoms with van der Waals surface area (Å²) >= 11 is 0. The van der Waals surface area contributed by atoms with Gasteiger partial charge in [0.15, 0.2) is 0 Å². The molecule has 0 spiro atoms. The molecule has 1 aliphatic rings. The van der Waals surface area contributed by atoms with Crippen LogP contribution in [-0.4, -0.2) is 15.9 Å². The first-order valence-corrected chi connectivity index (χ1v) is 8.16. The topological polar surface area (TPSA) is 66.9 Å². The molecule has 3 aromatic rings. The Morgan fingerprint density at radius 3 is 2.52 bits per heavy atom. The van der Waals surface area contributed by atoms with Gasteiger partial charge in [0.25, 0.3) is 0 Å². The lowest BCUT2D eigenvalue weighted by Crippen LogP contribution is -2.34. The Morgan fingerprint density at radius 1 is 1.00 bits per heavy atom. The minimum absolute atomic E-state index is 0.0638. The molecule has 2 aromatic carbocycles. The van der Waals surface area contributed by atoms with Gasteiger partial charge in [-0.15, -0.1) is 0 Å². The highest BCUT2D eigenvalue weighted by atomic mass is 16.2. The van der Waals surface area contributed by atoms with Crippen molar-refractivity contribution in [3.63, 3.8) is 0 Å². The standard InChI is InChI=1S/C20H18N4O/c1-20(2)15-12-21-19(22-13-8-4-3-5-9-13)24-17(15)14-10-6-7-11-16(14)23-18(20)25/h3-12H,1-2H3,(H,23,25)(H,21,22,24). The lowest BCUT2D eigenvalue weighted by Gasteiger charge is -2.22. The molecular weight excluding hydrogens is 312 g/mol. The molecule has 5 nitrogen and oxygen atoms in total. The van der Waals surface area contributed by atoms with Crippen molar-refractivity contribution in [2.24, 2.45) is 0 Å². The second kappa shape index (κ2) is 5.70. The molecule has 5 heteroatoms. The summed E-state index contributed by atoms with van der Waals surface area (Å²) in [4.78, 5) is 21.8. The van der Waals surface area contributed by atoms with E-state index in [0.29, 0.717) is 5.95 Å². The van der Waals surface area contributed by atoms with Gasteiger partial charge >= 0.3 is 0 Å². The first kappa shape index (κ1) is 15.3. The van der Waals surface area contributed by atoms with Crippen molar-refractivity contribution in [2.45, 2.75) is 19.3 Å². The minimum Gasteiger partial charge on any atom is -0.325 e. The highest BCUT2D eigenvalue weighted by Gasteiger charge is 2.37. The molecular formula is C20H18N4O. The van der Waals surface area contributed by atoms with Gasteiger partial charge in [-0.1, -0.05) is 36.4 Å². The summed E-state index contributed by atoms with van der Waals surface area (Å²) in [7, 11) is 0. The summed E-state index contributed by atoms with van der Waals surface area (Å²) in [6.45, 7) is 3.78. The zero-order valence-electron chi connectivity index (χ0n) is 14.1. The molecule has 1 aliphatic heterocycles. The van der Waals surface area contributed by atoms with E-state index < -0.39 is 5.41 Å². The first-order chi connectivity index (χ1) is 12.1. The third-order valence-electron chi connectivity index (χ3n) is 4.49. The maximum Gasteiger partial charge on any atom is 0.234 e. The summed E-state index contributed by atoms with van der Waals surface area (Å²) in [5.74, 6) is 0.441. The van der Waals surface area contributed by atoms with Crippen LogP contribution in [-0.2, 0) is 10.2 Å². The number of nitrogens with zero attached hydrogens (tertiary/aromatic N) is 2. The quantitative estimate of drug-likeness (QED) is 0.742. The van der Waals surface area contributed by atoms with E-state index in [0.717, 1.165) is 28.2 Å². The Morgan fingerprint density at radius 2 is 1.72 bits per heavy atom. The van der Waals surface area contributed by atoms with Crippen molar-refractivity contribution in [3.05, 3.63) is 66.4 Å². The van der Waals surface area contributed by atoms with Crippen LogP contribution in [0.5, 0.6) is 0 Å². The summed E-state index contributed by atoms with van der Waals surface area (Å²) < 4.78 is 0. The van der Waals surface area contributed by atoms with E-state index in [2.05, 4.69) is 15.6 Å². The van der Waals surface area contributed by atoms with Gasteiger partial charge in [0.1, 0.15) is 0 Å². The monoisotopic (exact) mass is 330 g/mol. The second-order valence-electron chi connectivity index (χ2n) is 6.57. The predicted molar refractivity (Wildman–Crippen MR) is 98.8 cm³/mol. The van der Waals surface area contributed by atoms with Crippen LogP contribution in [0, 0.1) is 0 Å². The molecule has 0 saturated heterocycles. The van der Waals surface area contributed by atoms with Gasteiger partial charge in [-0.3, -0.25) is 4.79 Å². The lowest BCUT2D eigenvalue weighted by molar-refractivity contribution is -0.120. The van der Waals surface area contributed by atoms with Crippen molar-refractivity contribution in [1.29, 1.82) is 0 Å². The zero-order valence-corrected chi connectivity index (χ0v) is 14.1. The average Bonchev–Trinajstić information content (AvgIpc) is 2.70. The Bertz CT molecular complexity index is 951. The molecule has 0 unspecified atom stereocenters. The molecule has 1 amide bonds. The third-order valence-corrected chi connectivity index (χ3v) is 4.49. The molecule has 25 heavy (non-hydrogen) atoms. The molecule has 0 fully saturated rings. The van der Waals surface area contributed by atoms with Gasteiger partial charge in [-0.2, -0.15) is 0 Å². The van der Waals surface area contributed by atoms with Crippen molar-refractivity contribution in [3.8, 4) is 11.3 Å². The van der Waals surface area contributed by atoms with Crippen LogP contribution in [0.25, 0.3) is 11.3 Å². The SMILES string of the molecule is CC1(C)C(=O)Nc2ccccc2-c2nc(Nc3ccccc3)ncc21. The normalized spacial score (nSPS) is 14.7. The zero-order chi connectivity index (χ0) is 17.4. The van der Waals surface area contributed by atoms with E-state index in [1.54, 1.807) is 6.20 Å². The van der Waals surface area contributed by atoms with Crippen LogP contribution in [0.3, 0.4) is 0 Å². The van der Waals surface area contributed by atoms with Crippen LogP contribution in [0.2, 0.25) is 0 Å².